The Morgan fingerprint density at radius 2 is 1.97 bits per heavy atom. The fourth-order valence-corrected chi connectivity index (χ4v) is 4.84. The fourth-order valence-electron chi connectivity index (χ4n) is 3.13. The van der Waals surface area contributed by atoms with Crippen LogP contribution in [0.1, 0.15) is 0 Å². The summed E-state index contributed by atoms with van der Waals surface area (Å²) in [4.78, 5) is 30.5. The number of hydrogen-bond acceptors (Lipinski definition) is 8. The summed E-state index contributed by atoms with van der Waals surface area (Å²) in [5, 5.41) is 5.42. The second-order valence-corrected chi connectivity index (χ2v) is 8.47. The minimum Gasteiger partial charge on any atom is -0.497 e. The number of thiophene rings is 1. The third-order valence-electron chi connectivity index (χ3n) is 4.71. The molecule has 8 nitrogen and oxygen atoms in total. The Hall–Kier alpha value is -3.50. The van der Waals surface area contributed by atoms with E-state index in [2.05, 4.69) is 10.3 Å². The van der Waals surface area contributed by atoms with Gasteiger partial charge in [-0.1, -0.05) is 42.1 Å². The van der Waals surface area contributed by atoms with Gasteiger partial charge in [-0.15, -0.1) is 11.3 Å². The number of nitrogen functional groups attached to an aromatic ring is 1. The molecule has 3 N–H and O–H groups in total. The maximum absolute atomic E-state index is 12.9. The summed E-state index contributed by atoms with van der Waals surface area (Å²) in [7, 11) is 3.06. The maximum atomic E-state index is 12.9. The van der Waals surface area contributed by atoms with Crippen molar-refractivity contribution >= 4 is 44.9 Å². The molecule has 0 bridgehead atoms. The summed E-state index contributed by atoms with van der Waals surface area (Å²) in [6, 6.07) is 14.7. The van der Waals surface area contributed by atoms with Gasteiger partial charge in [-0.25, -0.2) is 9.66 Å². The minimum absolute atomic E-state index is 0.0151. The van der Waals surface area contributed by atoms with Crippen LogP contribution in [0.15, 0.2) is 63.9 Å². The Labute approximate surface area is 192 Å². The topological polar surface area (TPSA) is 108 Å². The molecule has 32 heavy (non-hydrogen) atoms. The standard InChI is InChI=1S/C22H20N4O4S2/c1-29-14-8-9-16(17(10-14)30-2)24-18(27)12-32-22-25-20-19(21(28)26(22)23)15(11-31-20)13-6-4-3-5-7-13/h3-11H,12,23H2,1-2H3,(H,24,27). The molecule has 4 rings (SSSR count). The van der Waals surface area contributed by atoms with Gasteiger partial charge in [0.1, 0.15) is 16.3 Å². The fraction of sp³-hybridized carbons (Fsp3) is 0.136. The predicted octanol–water partition coefficient (Wildman–Crippen LogP) is 3.59. The first kappa shape index (κ1) is 21.7. The van der Waals surface area contributed by atoms with Crippen LogP contribution in [0.5, 0.6) is 11.5 Å². The summed E-state index contributed by atoms with van der Waals surface area (Å²) in [6.45, 7) is 0. The van der Waals surface area contributed by atoms with Crippen LogP contribution in [0.2, 0.25) is 0 Å². The first-order valence-electron chi connectivity index (χ1n) is 9.51. The van der Waals surface area contributed by atoms with E-state index in [4.69, 9.17) is 15.3 Å². The van der Waals surface area contributed by atoms with E-state index in [0.717, 1.165) is 27.6 Å². The van der Waals surface area contributed by atoms with Gasteiger partial charge < -0.3 is 20.6 Å². The summed E-state index contributed by atoms with van der Waals surface area (Å²) in [5.74, 6) is 6.85. The molecule has 2 heterocycles. The maximum Gasteiger partial charge on any atom is 0.282 e. The van der Waals surface area contributed by atoms with Gasteiger partial charge in [0.25, 0.3) is 5.56 Å². The van der Waals surface area contributed by atoms with Crippen molar-refractivity contribution in [3.05, 3.63) is 64.3 Å². The number of rotatable bonds is 7. The van der Waals surface area contributed by atoms with E-state index in [9.17, 15) is 9.59 Å². The second-order valence-electron chi connectivity index (χ2n) is 6.67. The van der Waals surface area contributed by atoms with E-state index in [0.29, 0.717) is 27.4 Å². The Kier molecular flexibility index (Phi) is 6.33. The molecule has 10 heteroatoms. The van der Waals surface area contributed by atoms with Gasteiger partial charge in [-0.2, -0.15) is 0 Å². The highest BCUT2D eigenvalue weighted by Gasteiger charge is 2.17. The van der Waals surface area contributed by atoms with Crippen LogP contribution in [0.3, 0.4) is 0 Å². The Morgan fingerprint density at radius 3 is 2.69 bits per heavy atom. The van der Waals surface area contributed by atoms with E-state index in [1.54, 1.807) is 25.3 Å². The van der Waals surface area contributed by atoms with E-state index in [1.165, 1.54) is 18.4 Å². The molecular formula is C22H20N4O4S2. The number of nitrogens with two attached hydrogens (primary N) is 1. The number of ether oxygens (including phenoxy) is 2. The third kappa shape index (κ3) is 4.27. The molecular weight excluding hydrogens is 448 g/mol. The van der Waals surface area contributed by atoms with Crippen LogP contribution in [-0.4, -0.2) is 35.5 Å². The normalized spacial score (nSPS) is 10.8. The van der Waals surface area contributed by atoms with Crippen LogP contribution < -0.4 is 26.2 Å². The average molecular weight is 469 g/mol. The Balaban J connectivity index is 1.53. The number of carbonyl (C=O) groups excluding carboxylic acids is 1. The molecule has 1 amide bonds. The summed E-state index contributed by atoms with van der Waals surface area (Å²) in [5.41, 5.74) is 1.88. The number of amides is 1. The number of methoxy groups -OCH3 is 2. The molecule has 0 saturated heterocycles. The first-order chi connectivity index (χ1) is 15.5. The average Bonchev–Trinajstić information content (AvgIpc) is 3.25. The molecule has 0 fully saturated rings. The first-order valence-corrected chi connectivity index (χ1v) is 11.4. The Morgan fingerprint density at radius 1 is 1.19 bits per heavy atom. The van der Waals surface area contributed by atoms with Crippen molar-refractivity contribution in [1.29, 1.82) is 0 Å². The van der Waals surface area contributed by atoms with E-state index >= 15 is 0 Å². The smallest absolute Gasteiger partial charge is 0.282 e. The van der Waals surface area contributed by atoms with Gasteiger partial charge in [0.15, 0.2) is 5.16 Å². The van der Waals surface area contributed by atoms with Crippen molar-refractivity contribution in [2.24, 2.45) is 0 Å². The molecule has 164 valence electrons. The summed E-state index contributed by atoms with van der Waals surface area (Å²) in [6.07, 6.45) is 0. The van der Waals surface area contributed by atoms with E-state index in [1.807, 2.05) is 35.7 Å². The monoisotopic (exact) mass is 468 g/mol. The molecule has 2 aromatic heterocycles. The van der Waals surface area contributed by atoms with Crippen LogP contribution in [0, 0.1) is 0 Å². The van der Waals surface area contributed by atoms with Gasteiger partial charge in [-0.3, -0.25) is 9.59 Å². The zero-order valence-electron chi connectivity index (χ0n) is 17.3. The number of hydrogen-bond donors (Lipinski definition) is 2. The quantitative estimate of drug-likeness (QED) is 0.242. The number of benzene rings is 2. The highest BCUT2D eigenvalue weighted by molar-refractivity contribution is 7.99. The Bertz CT molecular complexity index is 1340. The number of anilines is 1. The number of fused-ring (bicyclic) bond motifs is 1. The molecule has 0 unspecified atom stereocenters. The van der Waals surface area contributed by atoms with E-state index < -0.39 is 0 Å². The summed E-state index contributed by atoms with van der Waals surface area (Å²) < 4.78 is 11.4. The molecule has 0 spiro atoms. The van der Waals surface area contributed by atoms with Crippen molar-refractivity contribution in [2.45, 2.75) is 5.16 Å². The third-order valence-corrected chi connectivity index (χ3v) is 6.53. The van der Waals surface area contributed by atoms with E-state index in [-0.39, 0.29) is 22.4 Å². The van der Waals surface area contributed by atoms with Gasteiger partial charge >= 0.3 is 0 Å². The molecule has 0 aliphatic heterocycles. The zero-order chi connectivity index (χ0) is 22.7. The lowest BCUT2D eigenvalue weighted by molar-refractivity contribution is -0.113. The number of nitrogens with one attached hydrogen (secondary N) is 1. The second kappa shape index (κ2) is 9.33. The molecule has 0 aliphatic rings. The van der Waals surface area contributed by atoms with Crippen molar-refractivity contribution < 1.29 is 14.3 Å². The van der Waals surface area contributed by atoms with Crippen LogP contribution in [0.25, 0.3) is 21.3 Å². The number of carbonyl (C=O) groups is 1. The highest BCUT2D eigenvalue weighted by Crippen LogP contribution is 2.32. The van der Waals surface area contributed by atoms with Crippen LogP contribution >= 0.6 is 23.1 Å². The largest absolute Gasteiger partial charge is 0.497 e. The number of nitrogens with zero attached hydrogens (tertiary/aromatic N) is 2. The van der Waals surface area contributed by atoms with Crippen molar-refractivity contribution in [3.8, 4) is 22.6 Å². The van der Waals surface area contributed by atoms with Crippen LogP contribution in [0.4, 0.5) is 5.69 Å². The zero-order valence-corrected chi connectivity index (χ0v) is 19.0. The lowest BCUT2D eigenvalue weighted by Crippen LogP contribution is -2.30. The SMILES string of the molecule is COc1ccc(NC(=O)CSc2nc3scc(-c4ccccc4)c3c(=O)n2N)c(OC)c1. The molecule has 0 saturated carbocycles. The molecule has 4 aromatic rings. The molecule has 0 aliphatic carbocycles. The summed E-state index contributed by atoms with van der Waals surface area (Å²) >= 11 is 2.45. The van der Waals surface area contributed by atoms with Crippen molar-refractivity contribution in [2.75, 3.05) is 31.1 Å². The van der Waals surface area contributed by atoms with Gasteiger partial charge in [0.2, 0.25) is 5.91 Å². The van der Waals surface area contributed by atoms with Crippen molar-refractivity contribution in [3.63, 3.8) is 0 Å². The lowest BCUT2D eigenvalue weighted by atomic mass is 10.1. The minimum atomic E-state index is -0.352. The lowest BCUT2D eigenvalue weighted by Gasteiger charge is -2.12. The highest BCUT2D eigenvalue weighted by atomic mass is 32.2. The molecule has 0 atom stereocenters. The van der Waals surface area contributed by atoms with Gasteiger partial charge in [0.05, 0.1) is 31.0 Å². The van der Waals surface area contributed by atoms with Gasteiger partial charge in [0, 0.05) is 17.0 Å². The van der Waals surface area contributed by atoms with Crippen molar-refractivity contribution in [1.82, 2.24) is 9.66 Å². The molecule has 0 radical (unpaired) electrons. The van der Waals surface area contributed by atoms with Crippen LogP contribution in [-0.2, 0) is 4.79 Å². The predicted molar refractivity (Wildman–Crippen MR) is 128 cm³/mol. The molecule has 2 aromatic carbocycles. The van der Waals surface area contributed by atoms with Gasteiger partial charge in [-0.05, 0) is 17.7 Å². The number of thioether (sulfide) groups is 1. The number of aromatic nitrogens is 2.